The number of rotatable bonds is 3. The molecule has 0 radical (unpaired) electrons. The lowest BCUT2D eigenvalue weighted by Gasteiger charge is -2.22. The number of fused-ring (bicyclic) bond motifs is 1. The maximum atomic E-state index is 14.3. The lowest BCUT2D eigenvalue weighted by atomic mass is 9.95. The van der Waals surface area contributed by atoms with E-state index in [4.69, 9.17) is 0 Å². The summed E-state index contributed by atoms with van der Waals surface area (Å²) >= 11 is 0. The molecule has 2 aromatic heterocycles. The Labute approximate surface area is 154 Å². The fraction of sp³-hybridized carbons (Fsp3) is 0.368. The van der Waals surface area contributed by atoms with E-state index in [9.17, 15) is 13.6 Å². The molecule has 0 aliphatic heterocycles. The van der Waals surface area contributed by atoms with Gasteiger partial charge in [0.25, 0.3) is 11.9 Å². The summed E-state index contributed by atoms with van der Waals surface area (Å²) in [6.45, 7) is 1.70. The minimum Gasteiger partial charge on any atom is -0.349 e. The second-order valence-corrected chi connectivity index (χ2v) is 6.83. The van der Waals surface area contributed by atoms with E-state index in [1.54, 1.807) is 6.92 Å². The predicted molar refractivity (Wildman–Crippen MR) is 95.7 cm³/mol. The zero-order valence-corrected chi connectivity index (χ0v) is 14.9. The highest BCUT2D eigenvalue weighted by Gasteiger charge is 2.20. The van der Waals surface area contributed by atoms with Crippen LogP contribution in [0.1, 0.15) is 48.2 Å². The van der Waals surface area contributed by atoms with Gasteiger partial charge < -0.3 is 5.32 Å². The van der Waals surface area contributed by atoms with Crippen molar-refractivity contribution in [2.24, 2.45) is 0 Å². The van der Waals surface area contributed by atoms with E-state index < -0.39 is 11.6 Å². The van der Waals surface area contributed by atoms with Gasteiger partial charge in [-0.3, -0.25) is 4.79 Å². The zero-order valence-electron chi connectivity index (χ0n) is 14.9. The number of nitrogens with one attached hydrogen (secondary N) is 1. The van der Waals surface area contributed by atoms with E-state index in [1.807, 2.05) is 0 Å². The Balaban J connectivity index is 1.62. The number of nitrogens with zero attached hydrogens (tertiary/aromatic N) is 4. The molecule has 140 valence electrons. The molecule has 1 aliphatic rings. The molecule has 1 fully saturated rings. The van der Waals surface area contributed by atoms with E-state index >= 15 is 0 Å². The molecule has 27 heavy (non-hydrogen) atoms. The summed E-state index contributed by atoms with van der Waals surface area (Å²) in [5, 5.41) is 7.69. The molecule has 0 bridgehead atoms. The number of carbonyl (C=O) groups excluding carboxylic acids is 1. The molecule has 1 saturated carbocycles. The van der Waals surface area contributed by atoms with Gasteiger partial charge >= 0.3 is 0 Å². The van der Waals surface area contributed by atoms with Crippen molar-refractivity contribution in [2.75, 3.05) is 0 Å². The van der Waals surface area contributed by atoms with E-state index in [0.717, 1.165) is 36.4 Å². The van der Waals surface area contributed by atoms with Crippen LogP contribution in [0.3, 0.4) is 0 Å². The molecule has 2 heterocycles. The van der Waals surface area contributed by atoms with Crippen LogP contribution in [0.15, 0.2) is 24.5 Å². The highest BCUT2D eigenvalue weighted by Crippen LogP contribution is 2.25. The molecule has 1 N–H and O–H groups in total. The highest BCUT2D eigenvalue weighted by molar-refractivity contribution is 5.93. The van der Waals surface area contributed by atoms with Gasteiger partial charge in [0.1, 0.15) is 5.52 Å². The van der Waals surface area contributed by atoms with Gasteiger partial charge in [-0.05, 0) is 31.9 Å². The first kappa shape index (κ1) is 17.5. The first-order valence-electron chi connectivity index (χ1n) is 9.01. The smallest absolute Gasteiger partial charge is 0.254 e. The van der Waals surface area contributed by atoms with Crippen LogP contribution in [-0.2, 0) is 0 Å². The molecule has 0 atom stereocenters. The Morgan fingerprint density at radius 2 is 1.85 bits per heavy atom. The van der Waals surface area contributed by atoms with Crippen LogP contribution in [0.5, 0.6) is 0 Å². The molecule has 8 heteroatoms. The Bertz CT molecular complexity index is 993. The molecular formula is C19H19F2N5O. The highest BCUT2D eigenvalue weighted by atomic mass is 19.2. The van der Waals surface area contributed by atoms with Crippen molar-refractivity contribution in [3.63, 3.8) is 0 Å². The van der Waals surface area contributed by atoms with Crippen LogP contribution in [0, 0.1) is 18.6 Å². The van der Waals surface area contributed by atoms with Gasteiger partial charge in [-0.2, -0.15) is 9.78 Å². The largest absolute Gasteiger partial charge is 0.349 e. The first-order chi connectivity index (χ1) is 13.0. The lowest BCUT2D eigenvalue weighted by molar-refractivity contribution is 0.0927. The maximum Gasteiger partial charge on any atom is 0.254 e. The number of halogens is 2. The zero-order chi connectivity index (χ0) is 19.0. The Hall–Kier alpha value is -2.90. The molecule has 1 aromatic carbocycles. The fourth-order valence-electron chi connectivity index (χ4n) is 3.50. The Morgan fingerprint density at radius 1 is 1.15 bits per heavy atom. The van der Waals surface area contributed by atoms with Crippen LogP contribution in [0.25, 0.3) is 16.9 Å². The summed E-state index contributed by atoms with van der Waals surface area (Å²) in [4.78, 5) is 20.6. The molecule has 1 amide bonds. The van der Waals surface area contributed by atoms with Crippen LogP contribution in [0.2, 0.25) is 0 Å². The third-order valence-corrected chi connectivity index (χ3v) is 4.95. The van der Waals surface area contributed by atoms with Crippen molar-refractivity contribution in [3.8, 4) is 5.95 Å². The summed E-state index contributed by atoms with van der Waals surface area (Å²) < 4.78 is 29.1. The number of aryl methyl sites for hydroxylation is 1. The van der Waals surface area contributed by atoms with Crippen LogP contribution in [-0.4, -0.2) is 31.7 Å². The van der Waals surface area contributed by atoms with Crippen LogP contribution >= 0.6 is 0 Å². The average molecular weight is 371 g/mol. The summed E-state index contributed by atoms with van der Waals surface area (Å²) in [7, 11) is 0. The molecule has 0 spiro atoms. The number of benzene rings is 1. The monoisotopic (exact) mass is 371 g/mol. The molecule has 3 aromatic rings. The Morgan fingerprint density at radius 3 is 2.56 bits per heavy atom. The van der Waals surface area contributed by atoms with Gasteiger partial charge in [0.2, 0.25) is 0 Å². The maximum absolute atomic E-state index is 14.3. The van der Waals surface area contributed by atoms with E-state index in [1.165, 1.54) is 24.9 Å². The van der Waals surface area contributed by atoms with Gasteiger partial charge in [-0.25, -0.2) is 18.7 Å². The van der Waals surface area contributed by atoms with Crippen molar-refractivity contribution < 1.29 is 13.6 Å². The van der Waals surface area contributed by atoms with E-state index in [0.29, 0.717) is 16.6 Å². The minimum absolute atomic E-state index is 0.0214. The molecule has 0 unspecified atom stereocenters. The predicted octanol–water partition coefficient (Wildman–Crippen LogP) is 3.46. The molecule has 4 rings (SSSR count). The van der Waals surface area contributed by atoms with Gasteiger partial charge in [0.05, 0.1) is 11.3 Å². The minimum atomic E-state index is -1.00. The number of hydrogen-bond acceptors (Lipinski definition) is 4. The number of aromatic nitrogens is 4. The quantitative estimate of drug-likeness (QED) is 0.765. The second-order valence-electron chi connectivity index (χ2n) is 6.83. The van der Waals surface area contributed by atoms with Gasteiger partial charge in [0, 0.05) is 23.8 Å². The molecule has 6 nitrogen and oxygen atoms in total. The van der Waals surface area contributed by atoms with Crippen LogP contribution in [0.4, 0.5) is 8.78 Å². The summed E-state index contributed by atoms with van der Waals surface area (Å²) in [5.74, 6) is -2.12. The van der Waals surface area contributed by atoms with Gasteiger partial charge in [0.15, 0.2) is 11.6 Å². The van der Waals surface area contributed by atoms with Crippen molar-refractivity contribution in [2.45, 2.75) is 45.1 Å². The van der Waals surface area contributed by atoms with Crippen LogP contribution < -0.4 is 5.32 Å². The third-order valence-electron chi connectivity index (χ3n) is 4.95. The number of hydrogen-bond donors (Lipinski definition) is 1. The van der Waals surface area contributed by atoms with E-state index in [2.05, 4.69) is 20.4 Å². The standard InChI is InChI=1S/C19H19F2N5O/c1-11-14-7-8-15(20)16(21)17(14)26(25-11)19-22-9-12(10-23-19)18(27)24-13-5-3-2-4-6-13/h7-10,13H,2-6H2,1H3,(H,24,27). The number of carbonyl (C=O) groups is 1. The van der Waals surface area contributed by atoms with E-state index in [-0.39, 0.29) is 23.4 Å². The first-order valence-corrected chi connectivity index (χ1v) is 9.01. The van der Waals surface area contributed by atoms with Crippen molar-refractivity contribution in [3.05, 3.63) is 47.4 Å². The van der Waals surface area contributed by atoms with Gasteiger partial charge in [-0.1, -0.05) is 19.3 Å². The van der Waals surface area contributed by atoms with Crippen molar-refractivity contribution >= 4 is 16.8 Å². The SMILES string of the molecule is Cc1nn(-c2ncc(C(=O)NC3CCCCC3)cn2)c2c(F)c(F)ccc12. The van der Waals surface area contributed by atoms with Crippen molar-refractivity contribution in [1.82, 2.24) is 25.1 Å². The fourth-order valence-corrected chi connectivity index (χ4v) is 3.50. The van der Waals surface area contributed by atoms with Gasteiger partial charge in [-0.15, -0.1) is 0 Å². The number of amides is 1. The third kappa shape index (κ3) is 3.27. The topological polar surface area (TPSA) is 72.7 Å². The molecule has 0 saturated heterocycles. The lowest BCUT2D eigenvalue weighted by Crippen LogP contribution is -2.36. The second kappa shape index (κ2) is 7.02. The summed E-state index contributed by atoms with van der Waals surface area (Å²) in [6, 6.07) is 2.72. The molecular weight excluding hydrogens is 352 g/mol. The summed E-state index contributed by atoms with van der Waals surface area (Å²) in [5.41, 5.74) is 0.836. The van der Waals surface area contributed by atoms with Crippen molar-refractivity contribution in [1.29, 1.82) is 0 Å². The average Bonchev–Trinajstić information content (AvgIpc) is 3.03. The molecule has 1 aliphatic carbocycles. The Kier molecular flexibility index (Phi) is 4.55. The normalized spacial score (nSPS) is 15.2. The summed E-state index contributed by atoms with van der Waals surface area (Å²) in [6.07, 6.45) is 8.16.